The van der Waals surface area contributed by atoms with Crippen molar-refractivity contribution in [3.05, 3.63) is 41.5 Å². The molecule has 0 saturated carbocycles. The molecule has 0 aliphatic rings. The Hall–Kier alpha value is -0.390. The molecule has 0 saturated heterocycles. The van der Waals surface area contributed by atoms with Gasteiger partial charge in [0.2, 0.25) is 0 Å². The summed E-state index contributed by atoms with van der Waals surface area (Å²) in [6, 6.07) is 9.07. The molecule has 0 fully saturated rings. The monoisotopic (exact) mass is 286 g/mol. The van der Waals surface area contributed by atoms with Crippen LogP contribution in [0.25, 0.3) is 10.8 Å². The third kappa shape index (κ3) is 3.38. The second-order valence-corrected chi connectivity index (χ2v) is 5.61. The van der Waals surface area contributed by atoms with Crippen molar-refractivity contribution < 1.29 is 42.5 Å². The third-order valence-electron chi connectivity index (χ3n) is 3.19. The average Bonchev–Trinajstić information content (AvgIpc) is 2.35. The summed E-state index contributed by atoms with van der Waals surface area (Å²) < 4.78 is 33.8. The third-order valence-corrected chi connectivity index (χ3v) is 4.11. The molecule has 2 rings (SSSR count). The largest absolute Gasteiger partial charge is 1.00 e. The molecule has 0 radical (unpaired) electrons. The van der Waals surface area contributed by atoms with E-state index in [2.05, 4.69) is 0 Å². The van der Waals surface area contributed by atoms with E-state index >= 15 is 0 Å². The Kier molecular flexibility index (Phi) is 5.59. The van der Waals surface area contributed by atoms with Gasteiger partial charge in [-0.25, -0.2) is 8.42 Å². The van der Waals surface area contributed by atoms with Crippen LogP contribution in [0.2, 0.25) is 0 Å². The maximum Gasteiger partial charge on any atom is 1.00 e. The van der Waals surface area contributed by atoms with Crippen LogP contribution >= 0.6 is 0 Å². The van der Waals surface area contributed by atoms with Gasteiger partial charge in [-0.2, -0.15) is 0 Å². The number of hydrogen-bond acceptors (Lipinski definition) is 3. The Bertz CT molecular complexity index is 693. The molecule has 0 heterocycles. The summed E-state index contributed by atoms with van der Waals surface area (Å²) in [5, 5.41) is 1.84. The number of hydrogen-bond donors (Lipinski definition) is 0. The zero-order valence-corrected chi connectivity index (χ0v) is 14.3. The fraction of sp³-hybridized carbons (Fsp3) is 0.286. The molecule has 5 heteroatoms. The molecule has 0 aliphatic carbocycles. The number of rotatable bonds is 3. The van der Waals surface area contributed by atoms with Gasteiger partial charge in [0, 0.05) is 0 Å². The van der Waals surface area contributed by atoms with Crippen LogP contribution in [0, 0.1) is 0 Å². The van der Waals surface area contributed by atoms with E-state index in [-0.39, 0.29) is 34.5 Å². The van der Waals surface area contributed by atoms with E-state index in [1.807, 2.05) is 32.0 Å². The first-order chi connectivity index (χ1) is 8.47. The second kappa shape index (κ2) is 6.37. The van der Waals surface area contributed by atoms with Crippen molar-refractivity contribution >= 4 is 20.9 Å². The maximum atomic E-state index is 11.3. The molecule has 19 heavy (non-hydrogen) atoms. The molecule has 0 aromatic heterocycles. The number of aryl methyl sites for hydroxylation is 2. The first kappa shape index (κ1) is 16.7. The van der Waals surface area contributed by atoms with E-state index in [9.17, 15) is 13.0 Å². The van der Waals surface area contributed by atoms with Gasteiger partial charge in [0.05, 0.1) is 4.90 Å². The van der Waals surface area contributed by atoms with Gasteiger partial charge < -0.3 is 4.55 Å². The first-order valence-corrected chi connectivity index (χ1v) is 7.38. The summed E-state index contributed by atoms with van der Waals surface area (Å²) in [7, 11) is -4.41. The maximum absolute atomic E-state index is 11.3. The van der Waals surface area contributed by atoms with Gasteiger partial charge in [0.1, 0.15) is 10.1 Å². The standard InChI is InChI=1S/C14H16O3S.Na/c1-3-10-5-6-11-7-8-14(18(15,16)17)12(4-2)13(11)9-10;/h5-9H,3-4H2,1-2H3,(H,15,16,17);/q;+1/p-1. The van der Waals surface area contributed by atoms with Crippen LogP contribution in [0.15, 0.2) is 35.2 Å². The Morgan fingerprint density at radius 2 is 1.68 bits per heavy atom. The second-order valence-electron chi connectivity index (χ2n) is 4.26. The summed E-state index contributed by atoms with van der Waals surface area (Å²) in [4.78, 5) is -0.0919. The van der Waals surface area contributed by atoms with E-state index in [1.54, 1.807) is 6.07 Å². The minimum Gasteiger partial charge on any atom is -0.744 e. The fourth-order valence-corrected chi connectivity index (χ4v) is 3.02. The number of fused-ring (bicyclic) bond motifs is 1. The molecule has 0 spiro atoms. The molecule has 0 atom stereocenters. The van der Waals surface area contributed by atoms with Crippen molar-refractivity contribution in [2.75, 3.05) is 0 Å². The molecule has 0 unspecified atom stereocenters. The van der Waals surface area contributed by atoms with Crippen molar-refractivity contribution in [3.8, 4) is 0 Å². The summed E-state index contributed by atoms with van der Waals surface area (Å²) in [6.45, 7) is 3.91. The van der Waals surface area contributed by atoms with E-state index in [4.69, 9.17) is 0 Å². The van der Waals surface area contributed by atoms with Gasteiger partial charge >= 0.3 is 29.6 Å². The van der Waals surface area contributed by atoms with E-state index in [1.165, 1.54) is 6.07 Å². The van der Waals surface area contributed by atoms with Crippen LogP contribution in [0.4, 0.5) is 0 Å². The van der Waals surface area contributed by atoms with Crippen molar-refractivity contribution in [1.82, 2.24) is 0 Å². The van der Waals surface area contributed by atoms with Crippen LogP contribution in [0.3, 0.4) is 0 Å². The Morgan fingerprint density at radius 1 is 1.05 bits per heavy atom. The van der Waals surface area contributed by atoms with Gasteiger partial charge in [-0.3, -0.25) is 0 Å². The van der Waals surface area contributed by atoms with Crippen LogP contribution < -0.4 is 29.6 Å². The quantitative estimate of drug-likeness (QED) is 0.583. The van der Waals surface area contributed by atoms with Crippen molar-refractivity contribution in [2.24, 2.45) is 0 Å². The summed E-state index contributed by atoms with van der Waals surface area (Å²) >= 11 is 0. The molecular weight excluding hydrogens is 271 g/mol. The molecule has 0 bridgehead atoms. The molecule has 2 aromatic rings. The smallest absolute Gasteiger partial charge is 0.744 e. The van der Waals surface area contributed by atoms with Crippen LogP contribution in [0.1, 0.15) is 25.0 Å². The minimum absolute atomic E-state index is 0. The molecule has 0 N–H and O–H groups in total. The molecular formula is C14H15NaO3S. The zero-order chi connectivity index (χ0) is 13.3. The van der Waals surface area contributed by atoms with Crippen LogP contribution in [-0.4, -0.2) is 13.0 Å². The first-order valence-electron chi connectivity index (χ1n) is 5.97. The van der Waals surface area contributed by atoms with E-state index < -0.39 is 10.1 Å². The average molecular weight is 286 g/mol. The predicted octanol–water partition coefficient (Wildman–Crippen LogP) is -0.127. The molecule has 2 aromatic carbocycles. The van der Waals surface area contributed by atoms with Gasteiger partial charge in [0.25, 0.3) is 0 Å². The van der Waals surface area contributed by atoms with Gasteiger partial charge in [-0.15, -0.1) is 0 Å². The molecule has 96 valence electrons. The number of benzene rings is 2. The van der Waals surface area contributed by atoms with Crippen molar-refractivity contribution in [2.45, 2.75) is 31.6 Å². The van der Waals surface area contributed by atoms with Crippen molar-refractivity contribution in [3.63, 3.8) is 0 Å². The summed E-state index contributed by atoms with van der Waals surface area (Å²) in [5.41, 5.74) is 1.76. The molecule has 3 nitrogen and oxygen atoms in total. The Morgan fingerprint density at radius 3 is 2.21 bits per heavy atom. The van der Waals surface area contributed by atoms with Gasteiger partial charge in [-0.05, 0) is 40.8 Å². The van der Waals surface area contributed by atoms with E-state index in [0.717, 1.165) is 22.8 Å². The summed E-state index contributed by atoms with van der Waals surface area (Å²) in [5.74, 6) is 0. The van der Waals surface area contributed by atoms with Crippen LogP contribution in [-0.2, 0) is 23.0 Å². The topological polar surface area (TPSA) is 57.2 Å². The Labute approximate surface area is 136 Å². The Balaban J connectivity index is 0.00000180. The molecule has 0 aliphatic heterocycles. The normalized spacial score (nSPS) is 11.3. The summed E-state index contributed by atoms with van der Waals surface area (Å²) in [6.07, 6.45) is 1.41. The zero-order valence-electron chi connectivity index (χ0n) is 11.4. The van der Waals surface area contributed by atoms with Gasteiger partial charge in [0.15, 0.2) is 0 Å². The fourth-order valence-electron chi connectivity index (χ4n) is 2.23. The van der Waals surface area contributed by atoms with Gasteiger partial charge in [-0.1, -0.05) is 38.1 Å². The minimum atomic E-state index is -4.41. The predicted molar refractivity (Wildman–Crippen MR) is 70.7 cm³/mol. The van der Waals surface area contributed by atoms with Crippen molar-refractivity contribution in [1.29, 1.82) is 0 Å². The molecule has 0 amide bonds. The van der Waals surface area contributed by atoms with Crippen LogP contribution in [0.5, 0.6) is 0 Å². The van der Waals surface area contributed by atoms with E-state index in [0.29, 0.717) is 12.0 Å². The SMILES string of the molecule is CCc1ccc2ccc(S(=O)(=O)[O-])c(CC)c2c1.[Na+].